The zero-order valence-corrected chi connectivity index (χ0v) is 13.3. The van der Waals surface area contributed by atoms with Gasteiger partial charge in [-0.25, -0.2) is 0 Å². The molecule has 1 saturated heterocycles. The normalized spacial score (nSPS) is 23.6. The van der Waals surface area contributed by atoms with Crippen LogP contribution in [-0.4, -0.2) is 15.6 Å². The standard InChI is InChI=1S/C15H23ClOSi/c1-3-13-9-5-6-10-14(13)15(16,4-2)18-12-8-7-11-17-18/h5-6,9-10,18H,3-4,7-8,11-12H2,1-2H3. The van der Waals surface area contributed by atoms with E-state index in [1.165, 1.54) is 30.0 Å². The summed E-state index contributed by atoms with van der Waals surface area (Å²) in [6.45, 7) is 5.32. The predicted molar refractivity (Wildman–Crippen MR) is 80.8 cm³/mol. The van der Waals surface area contributed by atoms with Crippen LogP contribution in [0.2, 0.25) is 6.04 Å². The molecule has 1 heterocycles. The minimum absolute atomic E-state index is 0.215. The van der Waals surface area contributed by atoms with Crippen molar-refractivity contribution in [3.8, 4) is 0 Å². The van der Waals surface area contributed by atoms with Gasteiger partial charge in [0.15, 0.2) is 0 Å². The molecule has 1 aliphatic heterocycles. The van der Waals surface area contributed by atoms with Crippen molar-refractivity contribution in [2.45, 2.75) is 50.1 Å². The van der Waals surface area contributed by atoms with Gasteiger partial charge in [0.25, 0.3) is 0 Å². The Morgan fingerprint density at radius 3 is 2.67 bits per heavy atom. The first-order valence-corrected chi connectivity index (χ1v) is 9.35. The summed E-state index contributed by atoms with van der Waals surface area (Å²) in [6, 6.07) is 9.85. The van der Waals surface area contributed by atoms with E-state index in [1.807, 2.05) is 0 Å². The molecule has 1 fully saturated rings. The monoisotopic (exact) mass is 282 g/mol. The lowest BCUT2D eigenvalue weighted by atomic mass is 10.0. The second-order valence-corrected chi connectivity index (χ2v) is 9.00. The molecule has 2 unspecified atom stereocenters. The quantitative estimate of drug-likeness (QED) is 0.595. The van der Waals surface area contributed by atoms with Crippen molar-refractivity contribution < 1.29 is 4.43 Å². The summed E-state index contributed by atoms with van der Waals surface area (Å²) >= 11 is 7.05. The summed E-state index contributed by atoms with van der Waals surface area (Å²) in [5.74, 6) is 0. The number of aryl methyl sites for hydroxylation is 1. The molecule has 0 aliphatic carbocycles. The van der Waals surface area contributed by atoms with Crippen LogP contribution >= 0.6 is 11.6 Å². The van der Waals surface area contributed by atoms with E-state index in [2.05, 4.69) is 38.1 Å². The molecular formula is C15H23ClOSi. The van der Waals surface area contributed by atoms with Gasteiger partial charge in [0.05, 0.1) is 4.50 Å². The highest BCUT2D eigenvalue weighted by molar-refractivity contribution is 6.67. The van der Waals surface area contributed by atoms with Crippen molar-refractivity contribution in [2.24, 2.45) is 0 Å². The number of alkyl halides is 1. The fourth-order valence-corrected chi connectivity index (χ4v) is 6.71. The predicted octanol–water partition coefficient (Wildman–Crippen LogP) is 4.17. The summed E-state index contributed by atoms with van der Waals surface area (Å²) < 4.78 is 5.88. The molecule has 0 bridgehead atoms. The summed E-state index contributed by atoms with van der Waals surface area (Å²) in [7, 11) is -1.36. The summed E-state index contributed by atoms with van der Waals surface area (Å²) in [6.07, 6.45) is 4.52. The Morgan fingerprint density at radius 1 is 1.28 bits per heavy atom. The first kappa shape index (κ1) is 14.1. The Hall–Kier alpha value is -0.313. The molecule has 0 saturated carbocycles. The fraction of sp³-hybridized carbons (Fsp3) is 0.600. The molecule has 100 valence electrons. The van der Waals surface area contributed by atoms with Gasteiger partial charge in [0.1, 0.15) is 0 Å². The molecule has 0 N–H and O–H groups in total. The van der Waals surface area contributed by atoms with Crippen molar-refractivity contribution in [2.75, 3.05) is 6.61 Å². The third-order valence-corrected chi connectivity index (χ3v) is 8.56. The van der Waals surface area contributed by atoms with Gasteiger partial charge in [0.2, 0.25) is 9.04 Å². The van der Waals surface area contributed by atoms with Crippen LogP contribution in [0.4, 0.5) is 0 Å². The number of benzene rings is 1. The fourth-order valence-electron chi connectivity index (χ4n) is 2.93. The van der Waals surface area contributed by atoms with Crippen molar-refractivity contribution in [3.05, 3.63) is 35.4 Å². The smallest absolute Gasteiger partial charge is 0.202 e. The van der Waals surface area contributed by atoms with E-state index in [4.69, 9.17) is 16.0 Å². The molecule has 1 aliphatic rings. The first-order chi connectivity index (χ1) is 8.72. The lowest BCUT2D eigenvalue weighted by molar-refractivity contribution is 0.274. The second kappa shape index (κ2) is 6.22. The molecule has 0 radical (unpaired) electrons. The third kappa shape index (κ3) is 2.66. The van der Waals surface area contributed by atoms with Crippen LogP contribution < -0.4 is 0 Å². The van der Waals surface area contributed by atoms with E-state index >= 15 is 0 Å². The molecule has 1 nitrogen and oxygen atoms in total. The van der Waals surface area contributed by atoms with E-state index in [0.717, 1.165) is 19.4 Å². The van der Waals surface area contributed by atoms with E-state index < -0.39 is 9.04 Å². The summed E-state index contributed by atoms with van der Waals surface area (Å²) in [5.41, 5.74) is 2.71. The van der Waals surface area contributed by atoms with Gasteiger partial charge in [-0.05, 0) is 36.4 Å². The molecule has 3 heteroatoms. The van der Waals surface area contributed by atoms with Crippen LogP contribution in [-0.2, 0) is 15.3 Å². The van der Waals surface area contributed by atoms with Crippen LogP contribution in [0.3, 0.4) is 0 Å². The van der Waals surface area contributed by atoms with Crippen LogP contribution in [0, 0.1) is 0 Å². The highest BCUT2D eigenvalue weighted by Gasteiger charge is 2.41. The molecule has 2 rings (SSSR count). The Morgan fingerprint density at radius 2 is 2.06 bits per heavy atom. The molecule has 18 heavy (non-hydrogen) atoms. The Labute approximate surface area is 117 Å². The Balaban J connectivity index is 2.35. The van der Waals surface area contributed by atoms with Crippen molar-refractivity contribution in [1.82, 2.24) is 0 Å². The SMILES string of the molecule is CCc1ccccc1C(Cl)(CC)[SiH]1CCCCO1. The number of hydrogen-bond donors (Lipinski definition) is 0. The lowest BCUT2D eigenvalue weighted by Crippen LogP contribution is -2.43. The summed E-state index contributed by atoms with van der Waals surface area (Å²) in [5, 5.41) is 0. The topological polar surface area (TPSA) is 9.23 Å². The molecule has 0 spiro atoms. The van der Waals surface area contributed by atoms with Gasteiger partial charge >= 0.3 is 0 Å². The highest BCUT2D eigenvalue weighted by atomic mass is 35.5. The number of rotatable bonds is 4. The zero-order valence-electron chi connectivity index (χ0n) is 11.4. The lowest BCUT2D eigenvalue weighted by Gasteiger charge is -2.37. The van der Waals surface area contributed by atoms with Crippen LogP contribution in [0.15, 0.2) is 24.3 Å². The van der Waals surface area contributed by atoms with Gasteiger partial charge in [-0.1, -0.05) is 44.5 Å². The minimum Gasteiger partial charge on any atom is -0.418 e. The largest absolute Gasteiger partial charge is 0.418 e. The maximum Gasteiger partial charge on any atom is 0.202 e. The average Bonchev–Trinajstić information content (AvgIpc) is 2.47. The zero-order chi connectivity index (χ0) is 13.0. The van der Waals surface area contributed by atoms with E-state index in [-0.39, 0.29) is 4.50 Å². The first-order valence-electron chi connectivity index (χ1n) is 7.11. The van der Waals surface area contributed by atoms with Crippen LogP contribution in [0.25, 0.3) is 0 Å². The van der Waals surface area contributed by atoms with Gasteiger partial charge in [-0.3, -0.25) is 0 Å². The maximum absolute atomic E-state index is 7.05. The molecular weight excluding hydrogens is 260 g/mol. The van der Waals surface area contributed by atoms with Gasteiger partial charge in [-0.2, -0.15) is 0 Å². The van der Waals surface area contributed by atoms with Crippen molar-refractivity contribution >= 4 is 20.6 Å². The number of hydrogen-bond acceptors (Lipinski definition) is 1. The molecule has 0 amide bonds. The highest BCUT2D eigenvalue weighted by Crippen LogP contribution is 2.41. The molecule has 0 aromatic heterocycles. The molecule has 1 aromatic carbocycles. The second-order valence-electron chi connectivity index (χ2n) is 5.08. The Kier molecular flexibility index (Phi) is 4.88. The van der Waals surface area contributed by atoms with Crippen LogP contribution in [0.1, 0.15) is 44.2 Å². The van der Waals surface area contributed by atoms with Crippen LogP contribution in [0.5, 0.6) is 0 Å². The van der Waals surface area contributed by atoms with Crippen molar-refractivity contribution in [1.29, 1.82) is 0 Å². The number of halogens is 1. The third-order valence-electron chi connectivity index (χ3n) is 4.05. The maximum atomic E-state index is 7.05. The van der Waals surface area contributed by atoms with E-state index in [9.17, 15) is 0 Å². The Bertz CT molecular complexity index is 390. The van der Waals surface area contributed by atoms with E-state index in [1.54, 1.807) is 0 Å². The van der Waals surface area contributed by atoms with Gasteiger partial charge in [0, 0.05) is 6.61 Å². The van der Waals surface area contributed by atoms with Gasteiger partial charge in [-0.15, -0.1) is 11.6 Å². The summed E-state index contributed by atoms with van der Waals surface area (Å²) in [4.78, 5) is 0. The average molecular weight is 283 g/mol. The van der Waals surface area contributed by atoms with E-state index in [0.29, 0.717) is 0 Å². The minimum atomic E-state index is -1.36. The molecule has 2 atom stereocenters. The van der Waals surface area contributed by atoms with Crippen molar-refractivity contribution in [3.63, 3.8) is 0 Å². The van der Waals surface area contributed by atoms with Gasteiger partial charge < -0.3 is 4.43 Å². The molecule has 1 aromatic rings.